The highest BCUT2D eigenvalue weighted by Gasteiger charge is 2.42. The number of hydrogen-bond acceptors (Lipinski definition) is 4. The lowest BCUT2D eigenvalue weighted by Gasteiger charge is -2.12. The minimum absolute atomic E-state index is 0.324. The summed E-state index contributed by atoms with van der Waals surface area (Å²) in [7, 11) is 0. The first-order valence-electron chi connectivity index (χ1n) is 3.33. The van der Waals surface area contributed by atoms with Crippen LogP contribution in [0.25, 0.3) is 0 Å². The van der Waals surface area contributed by atoms with Gasteiger partial charge in [0.25, 0.3) is 5.70 Å². The standard InChI is InChI=1S/C6H5FN2O4/c7-6(9(12)13)3-1-5(2-4-6)8(10)11/h1-3H,4H2. The van der Waals surface area contributed by atoms with Crippen LogP contribution in [0, 0.1) is 20.2 Å². The Balaban J connectivity index is 2.85. The van der Waals surface area contributed by atoms with Gasteiger partial charge in [0, 0.05) is 18.2 Å². The zero-order chi connectivity index (χ0) is 10.1. The molecule has 1 rings (SSSR count). The van der Waals surface area contributed by atoms with E-state index in [4.69, 9.17) is 0 Å². The number of hydrogen-bond donors (Lipinski definition) is 0. The molecule has 6 nitrogen and oxygen atoms in total. The van der Waals surface area contributed by atoms with Gasteiger partial charge < -0.3 is 0 Å². The largest absolute Gasteiger partial charge is 0.382 e. The number of allylic oxidation sites excluding steroid dienone is 1. The Morgan fingerprint density at radius 2 is 2.08 bits per heavy atom. The van der Waals surface area contributed by atoms with Gasteiger partial charge in [-0.25, -0.2) is 0 Å². The van der Waals surface area contributed by atoms with E-state index >= 15 is 0 Å². The third-order valence-corrected chi connectivity index (χ3v) is 1.62. The Kier molecular flexibility index (Phi) is 2.09. The van der Waals surface area contributed by atoms with Gasteiger partial charge in [-0.15, -0.1) is 0 Å². The van der Waals surface area contributed by atoms with E-state index in [1.54, 1.807) is 0 Å². The number of halogens is 1. The molecule has 70 valence electrons. The van der Waals surface area contributed by atoms with Crippen molar-refractivity contribution >= 4 is 0 Å². The molecule has 0 spiro atoms. The molecule has 0 aromatic rings. The maximum absolute atomic E-state index is 13.1. The SMILES string of the molecule is O=[N+]([O-])C1=CCC(F)([N+](=O)[O-])C=C1. The Morgan fingerprint density at radius 1 is 1.46 bits per heavy atom. The molecule has 0 bridgehead atoms. The summed E-state index contributed by atoms with van der Waals surface area (Å²) in [6, 6.07) is 0. The molecule has 0 N–H and O–H groups in total. The van der Waals surface area contributed by atoms with Crippen LogP contribution in [0.15, 0.2) is 23.9 Å². The van der Waals surface area contributed by atoms with Crippen molar-refractivity contribution in [1.82, 2.24) is 0 Å². The Labute approximate surface area is 71.7 Å². The van der Waals surface area contributed by atoms with Gasteiger partial charge in [-0.2, -0.15) is 4.39 Å². The monoisotopic (exact) mass is 188 g/mol. The fourth-order valence-corrected chi connectivity index (χ4v) is 0.868. The van der Waals surface area contributed by atoms with Gasteiger partial charge >= 0.3 is 5.79 Å². The van der Waals surface area contributed by atoms with Crippen LogP contribution in [-0.4, -0.2) is 15.6 Å². The molecule has 1 unspecified atom stereocenters. The van der Waals surface area contributed by atoms with Crippen LogP contribution in [0.2, 0.25) is 0 Å². The first kappa shape index (κ1) is 9.30. The summed E-state index contributed by atoms with van der Waals surface area (Å²) in [6.07, 6.45) is 1.67. The van der Waals surface area contributed by atoms with Crippen LogP contribution in [0.4, 0.5) is 4.39 Å². The van der Waals surface area contributed by atoms with Crippen molar-refractivity contribution in [2.45, 2.75) is 12.2 Å². The van der Waals surface area contributed by atoms with Crippen LogP contribution in [0.1, 0.15) is 6.42 Å². The second-order valence-electron chi connectivity index (χ2n) is 2.50. The van der Waals surface area contributed by atoms with Crippen molar-refractivity contribution in [1.29, 1.82) is 0 Å². The van der Waals surface area contributed by atoms with Crippen molar-refractivity contribution in [3.8, 4) is 0 Å². The molecule has 0 aliphatic heterocycles. The number of nitro groups is 2. The van der Waals surface area contributed by atoms with Crippen LogP contribution in [0.5, 0.6) is 0 Å². The van der Waals surface area contributed by atoms with E-state index in [9.17, 15) is 24.6 Å². The topological polar surface area (TPSA) is 86.3 Å². The molecule has 1 aliphatic rings. The number of rotatable bonds is 2. The van der Waals surface area contributed by atoms with E-state index in [1.807, 2.05) is 0 Å². The molecule has 13 heavy (non-hydrogen) atoms. The Morgan fingerprint density at radius 3 is 2.38 bits per heavy atom. The van der Waals surface area contributed by atoms with Gasteiger partial charge in [-0.3, -0.25) is 20.2 Å². The molecule has 0 saturated heterocycles. The van der Waals surface area contributed by atoms with Crippen LogP contribution in [-0.2, 0) is 0 Å². The molecule has 0 aromatic carbocycles. The highest BCUT2D eigenvalue weighted by atomic mass is 19.1. The summed E-state index contributed by atoms with van der Waals surface area (Å²) in [6.45, 7) is 0. The molecular weight excluding hydrogens is 183 g/mol. The van der Waals surface area contributed by atoms with Gasteiger partial charge in [-0.1, -0.05) is 0 Å². The quantitative estimate of drug-likeness (QED) is 0.368. The number of nitrogens with zero attached hydrogens (tertiary/aromatic N) is 2. The van der Waals surface area contributed by atoms with E-state index in [0.717, 1.165) is 12.2 Å². The van der Waals surface area contributed by atoms with E-state index in [-0.39, 0.29) is 5.70 Å². The molecule has 0 fully saturated rings. The maximum Gasteiger partial charge on any atom is 0.382 e. The third kappa shape index (κ3) is 1.68. The van der Waals surface area contributed by atoms with Gasteiger partial charge in [0.15, 0.2) is 0 Å². The molecule has 7 heteroatoms. The highest BCUT2D eigenvalue weighted by Crippen LogP contribution is 2.25. The van der Waals surface area contributed by atoms with Crippen LogP contribution >= 0.6 is 0 Å². The predicted octanol–water partition coefficient (Wildman–Crippen LogP) is 1.05. The molecule has 0 amide bonds. The molecule has 0 saturated carbocycles. The van der Waals surface area contributed by atoms with E-state index in [1.165, 1.54) is 0 Å². The van der Waals surface area contributed by atoms with Crippen molar-refractivity contribution in [3.63, 3.8) is 0 Å². The summed E-state index contributed by atoms with van der Waals surface area (Å²) >= 11 is 0. The first-order chi connectivity index (χ1) is 5.96. The van der Waals surface area contributed by atoms with Crippen molar-refractivity contribution < 1.29 is 14.2 Å². The molecular formula is C6H5FN2O4. The van der Waals surface area contributed by atoms with Crippen molar-refractivity contribution in [3.05, 3.63) is 44.2 Å². The van der Waals surface area contributed by atoms with E-state index in [2.05, 4.69) is 0 Å². The average Bonchev–Trinajstić information content (AvgIpc) is 2.04. The fourth-order valence-electron chi connectivity index (χ4n) is 0.868. The second kappa shape index (κ2) is 2.92. The lowest BCUT2D eigenvalue weighted by Crippen LogP contribution is -2.31. The third-order valence-electron chi connectivity index (χ3n) is 1.62. The minimum atomic E-state index is -2.69. The summed E-state index contributed by atoms with van der Waals surface area (Å²) in [5, 5.41) is 20.3. The second-order valence-corrected chi connectivity index (χ2v) is 2.50. The van der Waals surface area contributed by atoms with Crippen LogP contribution in [0.3, 0.4) is 0 Å². The van der Waals surface area contributed by atoms with Crippen molar-refractivity contribution in [2.24, 2.45) is 0 Å². The van der Waals surface area contributed by atoms with Gasteiger partial charge in [0.05, 0.1) is 16.3 Å². The van der Waals surface area contributed by atoms with Gasteiger partial charge in [0.2, 0.25) is 0 Å². The molecule has 0 aromatic heterocycles. The van der Waals surface area contributed by atoms with E-state index < -0.39 is 22.1 Å². The number of alkyl halides is 1. The summed E-state index contributed by atoms with van der Waals surface area (Å²) in [5.74, 6) is -2.69. The smallest absolute Gasteiger partial charge is 0.261 e. The molecule has 0 heterocycles. The predicted molar refractivity (Wildman–Crippen MR) is 39.7 cm³/mol. The van der Waals surface area contributed by atoms with Gasteiger partial charge in [-0.05, 0) is 0 Å². The minimum Gasteiger partial charge on any atom is -0.261 e. The first-order valence-corrected chi connectivity index (χ1v) is 3.33. The lowest BCUT2D eigenvalue weighted by molar-refractivity contribution is -0.589. The highest BCUT2D eigenvalue weighted by molar-refractivity contribution is 5.20. The summed E-state index contributed by atoms with van der Waals surface area (Å²) < 4.78 is 13.1. The Hall–Kier alpha value is -1.79. The average molecular weight is 188 g/mol. The zero-order valence-corrected chi connectivity index (χ0v) is 6.34. The molecule has 1 atom stereocenters. The summed E-state index contributed by atoms with van der Waals surface area (Å²) in [5.41, 5.74) is -0.324. The normalized spacial score (nSPS) is 26.7. The fraction of sp³-hybridized carbons (Fsp3) is 0.333. The molecule has 1 aliphatic carbocycles. The Bertz CT molecular complexity index is 325. The van der Waals surface area contributed by atoms with Crippen LogP contribution < -0.4 is 0 Å². The lowest BCUT2D eigenvalue weighted by atomic mass is 10.1. The molecule has 0 radical (unpaired) electrons. The van der Waals surface area contributed by atoms with Crippen molar-refractivity contribution in [2.75, 3.05) is 0 Å². The zero-order valence-electron chi connectivity index (χ0n) is 6.34. The summed E-state index contributed by atoms with van der Waals surface area (Å²) in [4.78, 5) is 18.4. The van der Waals surface area contributed by atoms with Gasteiger partial charge in [0.1, 0.15) is 0 Å². The van der Waals surface area contributed by atoms with E-state index in [0.29, 0.717) is 6.08 Å². The maximum atomic E-state index is 13.1.